The number of hydrogen-bond acceptors (Lipinski definition) is 3. The molecule has 4 nitrogen and oxygen atoms in total. The SMILES string of the molecule is O=C(O)c1oc(C(C(F)(F)F)C(F)(F)F)nc1C(F)(F)F. The second-order valence-electron chi connectivity index (χ2n) is 3.55. The third-order valence-corrected chi connectivity index (χ3v) is 2.01. The Bertz CT molecular complexity index is 525. The van der Waals surface area contributed by atoms with E-state index < -0.39 is 47.8 Å². The Morgan fingerprint density at radius 3 is 1.67 bits per heavy atom. The largest absolute Gasteiger partial charge is 0.475 e. The number of hydrogen-bond donors (Lipinski definition) is 1. The van der Waals surface area contributed by atoms with Gasteiger partial charge in [0, 0.05) is 0 Å². The molecule has 120 valence electrons. The maximum Gasteiger partial charge on any atom is 0.437 e. The lowest BCUT2D eigenvalue weighted by atomic mass is 10.1. The zero-order valence-corrected chi connectivity index (χ0v) is 9.19. The number of nitrogens with zero attached hydrogens (tertiary/aromatic N) is 1. The Labute approximate surface area is 108 Å². The molecule has 0 aliphatic carbocycles. The van der Waals surface area contributed by atoms with E-state index in [2.05, 4.69) is 4.42 Å². The van der Waals surface area contributed by atoms with Crippen LogP contribution in [-0.4, -0.2) is 28.4 Å². The summed E-state index contributed by atoms with van der Waals surface area (Å²) in [6.07, 6.45) is -17.7. The van der Waals surface area contributed by atoms with Crippen molar-refractivity contribution in [1.29, 1.82) is 0 Å². The lowest BCUT2D eigenvalue weighted by molar-refractivity contribution is -0.258. The number of carboxylic acids is 1. The van der Waals surface area contributed by atoms with Crippen molar-refractivity contribution < 1.29 is 53.8 Å². The standard InChI is InChI=1S/C8H2F9NO3/c9-6(10,11)2(7(12,13)14)4-18-3(8(15,16)17)1(21-4)5(19)20/h2H,(H,19,20). The number of carboxylic acid groups (broad SMARTS) is 1. The Kier molecular flexibility index (Phi) is 3.91. The highest BCUT2D eigenvalue weighted by Crippen LogP contribution is 2.47. The van der Waals surface area contributed by atoms with Gasteiger partial charge in [0.1, 0.15) is 0 Å². The summed E-state index contributed by atoms with van der Waals surface area (Å²) >= 11 is 0. The summed E-state index contributed by atoms with van der Waals surface area (Å²) in [6, 6.07) is 0. The van der Waals surface area contributed by atoms with Crippen LogP contribution in [0.3, 0.4) is 0 Å². The van der Waals surface area contributed by atoms with E-state index in [1.807, 2.05) is 4.98 Å². The van der Waals surface area contributed by atoms with Crippen LogP contribution in [0.4, 0.5) is 39.5 Å². The highest BCUT2D eigenvalue weighted by Gasteiger charge is 2.61. The molecule has 0 atom stereocenters. The first-order valence-corrected chi connectivity index (χ1v) is 4.60. The van der Waals surface area contributed by atoms with Crippen LogP contribution in [0, 0.1) is 0 Å². The fourth-order valence-electron chi connectivity index (χ4n) is 1.26. The quantitative estimate of drug-likeness (QED) is 0.841. The monoisotopic (exact) mass is 331 g/mol. The topological polar surface area (TPSA) is 63.3 Å². The maximum absolute atomic E-state index is 12.3. The van der Waals surface area contributed by atoms with Crippen LogP contribution in [0.2, 0.25) is 0 Å². The van der Waals surface area contributed by atoms with Crippen molar-refractivity contribution in [2.24, 2.45) is 0 Å². The van der Waals surface area contributed by atoms with Gasteiger partial charge in [-0.15, -0.1) is 0 Å². The molecule has 0 aliphatic heterocycles. The molecule has 0 unspecified atom stereocenters. The smallest absolute Gasteiger partial charge is 0.437 e. The molecule has 0 saturated carbocycles. The number of rotatable bonds is 2. The summed E-state index contributed by atoms with van der Waals surface area (Å²) in [5.41, 5.74) is -2.48. The fraction of sp³-hybridized carbons (Fsp3) is 0.500. The van der Waals surface area contributed by atoms with Gasteiger partial charge in [-0.1, -0.05) is 0 Å². The molecular formula is C8H2F9NO3. The number of aromatic carboxylic acids is 1. The first-order chi connectivity index (χ1) is 9.15. The van der Waals surface area contributed by atoms with Crippen LogP contribution in [0.15, 0.2) is 4.42 Å². The average Bonchev–Trinajstić information content (AvgIpc) is 2.56. The van der Waals surface area contributed by atoms with Gasteiger partial charge in [0.2, 0.25) is 17.6 Å². The summed E-state index contributed by atoms with van der Waals surface area (Å²) in [7, 11) is 0. The van der Waals surface area contributed by atoms with Crippen molar-refractivity contribution in [2.75, 3.05) is 0 Å². The van der Waals surface area contributed by atoms with Crippen molar-refractivity contribution in [2.45, 2.75) is 24.4 Å². The molecule has 13 heteroatoms. The van der Waals surface area contributed by atoms with E-state index in [0.717, 1.165) is 0 Å². The first-order valence-electron chi connectivity index (χ1n) is 4.60. The highest BCUT2D eigenvalue weighted by atomic mass is 19.4. The molecule has 0 amide bonds. The van der Waals surface area contributed by atoms with Gasteiger partial charge >= 0.3 is 24.5 Å². The van der Waals surface area contributed by atoms with E-state index in [1.54, 1.807) is 0 Å². The Balaban J connectivity index is 3.53. The van der Waals surface area contributed by atoms with Gasteiger partial charge in [0.05, 0.1) is 0 Å². The van der Waals surface area contributed by atoms with Gasteiger partial charge in [-0.2, -0.15) is 39.5 Å². The highest BCUT2D eigenvalue weighted by molar-refractivity contribution is 5.85. The molecule has 1 aromatic heterocycles. The molecule has 0 fully saturated rings. The number of alkyl halides is 9. The minimum atomic E-state index is -6.07. The van der Waals surface area contributed by atoms with E-state index >= 15 is 0 Å². The molecule has 1 rings (SSSR count). The van der Waals surface area contributed by atoms with Crippen LogP contribution >= 0.6 is 0 Å². The number of aromatic nitrogens is 1. The summed E-state index contributed by atoms with van der Waals surface area (Å²) in [5.74, 6) is -11.6. The van der Waals surface area contributed by atoms with E-state index in [1.165, 1.54) is 0 Å². The number of oxazole rings is 1. The van der Waals surface area contributed by atoms with Gasteiger partial charge in [-0.25, -0.2) is 9.78 Å². The lowest BCUT2D eigenvalue weighted by Gasteiger charge is -2.19. The van der Waals surface area contributed by atoms with Crippen LogP contribution in [-0.2, 0) is 6.18 Å². The summed E-state index contributed by atoms with van der Waals surface area (Å²) in [5, 5.41) is 8.33. The molecule has 21 heavy (non-hydrogen) atoms. The minimum Gasteiger partial charge on any atom is -0.475 e. The van der Waals surface area contributed by atoms with Gasteiger partial charge < -0.3 is 9.52 Å². The van der Waals surface area contributed by atoms with Gasteiger partial charge in [-0.05, 0) is 0 Å². The fourth-order valence-corrected chi connectivity index (χ4v) is 1.26. The van der Waals surface area contributed by atoms with Crippen LogP contribution in [0.25, 0.3) is 0 Å². The third kappa shape index (κ3) is 3.58. The second kappa shape index (κ2) is 4.80. The van der Waals surface area contributed by atoms with E-state index in [0.29, 0.717) is 0 Å². The molecule has 0 saturated heterocycles. The van der Waals surface area contributed by atoms with Crippen LogP contribution < -0.4 is 0 Å². The van der Waals surface area contributed by atoms with Gasteiger partial charge in [0.15, 0.2) is 5.69 Å². The molecule has 0 aliphatic rings. The van der Waals surface area contributed by atoms with E-state index in [4.69, 9.17) is 5.11 Å². The molecule has 0 aromatic carbocycles. The number of carbonyl (C=O) groups is 1. The van der Waals surface area contributed by atoms with E-state index in [9.17, 15) is 44.3 Å². The van der Waals surface area contributed by atoms with Crippen molar-refractivity contribution in [1.82, 2.24) is 4.98 Å². The summed E-state index contributed by atoms with van der Waals surface area (Å²) in [4.78, 5) is 12.4. The molecule has 0 spiro atoms. The van der Waals surface area contributed by atoms with Crippen molar-refractivity contribution in [3.63, 3.8) is 0 Å². The predicted octanol–water partition coefficient (Wildman–Crippen LogP) is 3.60. The zero-order valence-electron chi connectivity index (χ0n) is 9.19. The normalized spacial score (nSPS) is 13.8. The Morgan fingerprint density at radius 1 is 1.00 bits per heavy atom. The summed E-state index contributed by atoms with van der Waals surface area (Å²) < 4.78 is 114. The molecular weight excluding hydrogens is 329 g/mol. The molecule has 1 aromatic rings. The Morgan fingerprint density at radius 2 is 1.43 bits per heavy atom. The molecule has 1 N–H and O–H groups in total. The Hall–Kier alpha value is -1.95. The maximum atomic E-state index is 12.3. The third-order valence-electron chi connectivity index (χ3n) is 2.01. The van der Waals surface area contributed by atoms with Crippen molar-refractivity contribution in [3.8, 4) is 0 Å². The number of halogens is 9. The first kappa shape index (κ1) is 17.1. The van der Waals surface area contributed by atoms with Crippen molar-refractivity contribution >= 4 is 5.97 Å². The zero-order chi connectivity index (χ0) is 16.8. The lowest BCUT2D eigenvalue weighted by Crippen LogP contribution is -2.34. The van der Waals surface area contributed by atoms with Gasteiger partial charge in [-0.3, -0.25) is 0 Å². The van der Waals surface area contributed by atoms with E-state index in [-0.39, 0.29) is 0 Å². The molecule has 1 heterocycles. The molecule has 0 radical (unpaired) electrons. The second-order valence-corrected chi connectivity index (χ2v) is 3.55. The summed E-state index contributed by atoms with van der Waals surface area (Å²) in [6.45, 7) is 0. The predicted molar refractivity (Wildman–Crippen MR) is 43.3 cm³/mol. The van der Waals surface area contributed by atoms with Crippen molar-refractivity contribution in [3.05, 3.63) is 17.3 Å². The molecule has 0 bridgehead atoms. The van der Waals surface area contributed by atoms with Gasteiger partial charge in [0.25, 0.3) is 0 Å². The van der Waals surface area contributed by atoms with Crippen LogP contribution in [0.5, 0.6) is 0 Å². The average molecular weight is 331 g/mol. The van der Waals surface area contributed by atoms with Crippen LogP contribution in [0.1, 0.15) is 28.1 Å². The minimum absolute atomic E-state index is 2.02.